The summed E-state index contributed by atoms with van der Waals surface area (Å²) in [6.07, 6.45) is -1.31. The molecule has 1 N–H and O–H groups in total. The summed E-state index contributed by atoms with van der Waals surface area (Å²) in [7, 11) is 0. The second-order valence-electron chi connectivity index (χ2n) is 6.41. The molecule has 0 spiro atoms. The summed E-state index contributed by atoms with van der Waals surface area (Å²) in [5.41, 5.74) is 2.78. The third-order valence-corrected chi connectivity index (χ3v) is 3.65. The van der Waals surface area contributed by atoms with Crippen LogP contribution in [0.3, 0.4) is 0 Å². The average molecular weight is 301 g/mol. The highest BCUT2D eigenvalue weighted by Gasteiger charge is 2.31. The van der Waals surface area contributed by atoms with Gasteiger partial charge in [0.05, 0.1) is 12.1 Å². The van der Waals surface area contributed by atoms with Gasteiger partial charge < -0.3 is 9.84 Å². The van der Waals surface area contributed by atoms with Crippen LogP contribution in [0.5, 0.6) is 0 Å². The molecule has 2 rings (SSSR count). The van der Waals surface area contributed by atoms with Crippen molar-refractivity contribution in [3.8, 4) is 0 Å². The Labute approximate surface area is 131 Å². The Bertz CT molecular complexity index is 701. The molecular weight excluding hydrogens is 278 g/mol. The molecule has 1 heterocycles. The smallest absolute Gasteiger partial charge is 0.339 e. The summed E-state index contributed by atoms with van der Waals surface area (Å²) in [6.45, 7) is 9.97. The van der Waals surface area contributed by atoms with Crippen molar-refractivity contribution in [1.29, 1.82) is 0 Å². The summed E-state index contributed by atoms with van der Waals surface area (Å²) >= 11 is 0. The van der Waals surface area contributed by atoms with Gasteiger partial charge in [-0.1, -0.05) is 39.0 Å². The number of hydrogen-bond donors (Lipinski definition) is 1. The first-order chi connectivity index (χ1) is 10.3. The van der Waals surface area contributed by atoms with Crippen LogP contribution in [0.25, 0.3) is 10.9 Å². The van der Waals surface area contributed by atoms with Gasteiger partial charge in [-0.05, 0) is 30.9 Å². The Morgan fingerprint density at radius 1 is 1.32 bits per heavy atom. The maximum Gasteiger partial charge on any atom is 0.339 e. The third-order valence-electron chi connectivity index (χ3n) is 3.65. The van der Waals surface area contributed by atoms with E-state index in [-0.39, 0.29) is 12.0 Å². The van der Waals surface area contributed by atoms with E-state index < -0.39 is 12.1 Å². The lowest BCUT2D eigenvalue weighted by molar-refractivity contribution is -0.153. The zero-order valence-corrected chi connectivity index (χ0v) is 13.8. The van der Waals surface area contributed by atoms with E-state index in [2.05, 4.69) is 25.8 Å². The minimum atomic E-state index is -1.31. The highest BCUT2D eigenvalue weighted by Crippen LogP contribution is 2.37. The minimum absolute atomic E-state index is 0.237. The summed E-state index contributed by atoms with van der Waals surface area (Å²) in [4.78, 5) is 16.6. The number of esters is 1. The molecule has 1 unspecified atom stereocenters. The molecule has 0 aliphatic rings. The van der Waals surface area contributed by atoms with E-state index >= 15 is 0 Å². The molecule has 4 heteroatoms. The first kappa shape index (κ1) is 16.4. The molecule has 1 aromatic heterocycles. The van der Waals surface area contributed by atoms with E-state index in [9.17, 15) is 9.90 Å². The fourth-order valence-corrected chi connectivity index (χ4v) is 2.83. The number of ether oxygens (including phenoxy) is 1. The van der Waals surface area contributed by atoms with Crippen molar-refractivity contribution in [2.75, 3.05) is 6.61 Å². The maximum atomic E-state index is 12.0. The lowest BCUT2D eigenvalue weighted by Crippen LogP contribution is -2.24. The molecule has 0 amide bonds. The Morgan fingerprint density at radius 3 is 2.55 bits per heavy atom. The predicted octanol–water partition coefficient (Wildman–Crippen LogP) is 3.44. The Hall–Kier alpha value is -1.94. The summed E-state index contributed by atoms with van der Waals surface area (Å²) in [5.74, 6) is -0.631. The van der Waals surface area contributed by atoms with E-state index in [0.29, 0.717) is 11.3 Å². The molecule has 0 aliphatic carbocycles. The molecule has 2 aromatic rings. The number of hydrogen-bond acceptors (Lipinski definition) is 4. The molecule has 1 aromatic carbocycles. The van der Waals surface area contributed by atoms with E-state index in [1.54, 1.807) is 6.92 Å². The van der Waals surface area contributed by atoms with Gasteiger partial charge in [-0.2, -0.15) is 0 Å². The molecule has 0 radical (unpaired) electrons. The lowest BCUT2D eigenvalue weighted by Gasteiger charge is -2.27. The number of aliphatic hydroxyl groups is 1. The molecule has 22 heavy (non-hydrogen) atoms. The molecule has 0 fully saturated rings. The third kappa shape index (κ3) is 2.97. The largest absolute Gasteiger partial charge is 0.464 e. The standard InChI is InChI=1S/C18H23NO3/c1-6-22-17(21)16(20)14-11(2)19-13-10-8-7-9-12(13)15(14)18(3,4)5/h7-10,16,20H,6H2,1-5H3. The number of aliphatic hydroxyl groups excluding tert-OH is 1. The van der Waals surface area contributed by atoms with Crippen molar-refractivity contribution in [1.82, 2.24) is 4.98 Å². The molecule has 1 atom stereocenters. The molecule has 0 aliphatic heterocycles. The van der Waals surface area contributed by atoms with Gasteiger partial charge in [-0.3, -0.25) is 4.98 Å². The van der Waals surface area contributed by atoms with Crippen molar-refractivity contribution in [3.05, 3.63) is 41.1 Å². The van der Waals surface area contributed by atoms with E-state index in [0.717, 1.165) is 16.5 Å². The highest BCUT2D eigenvalue weighted by atomic mass is 16.5. The second-order valence-corrected chi connectivity index (χ2v) is 6.41. The zero-order chi connectivity index (χ0) is 16.5. The van der Waals surface area contributed by atoms with Gasteiger partial charge >= 0.3 is 5.97 Å². The van der Waals surface area contributed by atoms with Crippen LogP contribution in [0.15, 0.2) is 24.3 Å². The Balaban J connectivity index is 2.77. The molecule has 0 saturated carbocycles. The number of fused-ring (bicyclic) bond motifs is 1. The van der Waals surface area contributed by atoms with E-state index in [1.807, 2.05) is 31.2 Å². The van der Waals surface area contributed by atoms with Gasteiger partial charge in [0.2, 0.25) is 0 Å². The van der Waals surface area contributed by atoms with Gasteiger partial charge in [0.25, 0.3) is 0 Å². The molecule has 0 saturated heterocycles. The van der Waals surface area contributed by atoms with Crippen LogP contribution in [0.2, 0.25) is 0 Å². The fourth-order valence-electron chi connectivity index (χ4n) is 2.83. The number of aromatic nitrogens is 1. The Morgan fingerprint density at radius 2 is 1.95 bits per heavy atom. The topological polar surface area (TPSA) is 59.4 Å². The van der Waals surface area contributed by atoms with Crippen LogP contribution in [-0.4, -0.2) is 22.7 Å². The Kier molecular flexibility index (Phi) is 4.52. The van der Waals surface area contributed by atoms with Gasteiger partial charge in [-0.15, -0.1) is 0 Å². The van der Waals surface area contributed by atoms with E-state index in [1.165, 1.54) is 0 Å². The van der Waals surface area contributed by atoms with Crippen LogP contribution in [0.1, 0.15) is 50.6 Å². The number of carbonyl (C=O) groups excluding carboxylic acids is 1. The average Bonchev–Trinajstić information content (AvgIpc) is 2.44. The van der Waals surface area contributed by atoms with Crippen LogP contribution in [-0.2, 0) is 14.9 Å². The number of aryl methyl sites for hydroxylation is 1. The minimum Gasteiger partial charge on any atom is -0.464 e. The van der Waals surface area contributed by atoms with Crippen molar-refractivity contribution in [2.45, 2.75) is 46.1 Å². The second kappa shape index (κ2) is 6.05. The maximum absolute atomic E-state index is 12.0. The quantitative estimate of drug-likeness (QED) is 0.882. The first-order valence-electron chi connectivity index (χ1n) is 7.51. The number of pyridine rings is 1. The van der Waals surface area contributed by atoms with Crippen molar-refractivity contribution in [3.63, 3.8) is 0 Å². The zero-order valence-electron chi connectivity index (χ0n) is 13.8. The lowest BCUT2D eigenvalue weighted by atomic mass is 9.79. The van der Waals surface area contributed by atoms with Crippen LogP contribution in [0.4, 0.5) is 0 Å². The summed E-state index contributed by atoms with van der Waals surface area (Å²) < 4.78 is 4.98. The fraction of sp³-hybridized carbons (Fsp3) is 0.444. The predicted molar refractivity (Wildman–Crippen MR) is 86.8 cm³/mol. The van der Waals surface area contributed by atoms with Crippen molar-refractivity contribution in [2.24, 2.45) is 0 Å². The number of nitrogens with zero attached hydrogens (tertiary/aromatic N) is 1. The summed E-state index contributed by atoms with van der Waals surface area (Å²) in [5, 5.41) is 11.4. The number of para-hydroxylation sites is 1. The van der Waals surface area contributed by atoms with Gasteiger partial charge in [0.15, 0.2) is 6.10 Å². The number of carbonyl (C=O) groups is 1. The van der Waals surface area contributed by atoms with E-state index in [4.69, 9.17) is 4.74 Å². The SMILES string of the molecule is CCOC(=O)C(O)c1c(C)nc2ccccc2c1C(C)(C)C. The molecule has 4 nitrogen and oxygen atoms in total. The van der Waals surface area contributed by atoms with Crippen LogP contribution in [0, 0.1) is 6.92 Å². The van der Waals surface area contributed by atoms with Gasteiger partial charge in [0.1, 0.15) is 0 Å². The molecule has 0 bridgehead atoms. The van der Waals surface area contributed by atoms with Crippen molar-refractivity contribution < 1.29 is 14.6 Å². The summed E-state index contributed by atoms with van der Waals surface area (Å²) in [6, 6.07) is 7.79. The van der Waals surface area contributed by atoms with Crippen LogP contribution >= 0.6 is 0 Å². The molecule has 118 valence electrons. The normalized spacial score (nSPS) is 13.2. The van der Waals surface area contributed by atoms with Crippen LogP contribution < -0.4 is 0 Å². The first-order valence-corrected chi connectivity index (χ1v) is 7.51. The number of rotatable bonds is 3. The van der Waals surface area contributed by atoms with Crippen molar-refractivity contribution >= 4 is 16.9 Å². The van der Waals surface area contributed by atoms with Gasteiger partial charge in [0, 0.05) is 16.6 Å². The van der Waals surface area contributed by atoms with Gasteiger partial charge in [-0.25, -0.2) is 4.79 Å². The number of benzene rings is 1. The monoisotopic (exact) mass is 301 g/mol. The highest BCUT2D eigenvalue weighted by molar-refractivity contribution is 5.87. The molecular formula is C18H23NO3.